The van der Waals surface area contributed by atoms with Crippen molar-refractivity contribution in [1.82, 2.24) is 26.6 Å². The summed E-state index contributed by atoms with van der Waals surface area (Å²) >= 11 is 0.00694. The number of hydrogen-bond acceptors (Lipinski definition) is 6. The quantitative estimate of drug-likeness (QED) is 0.378. The second-order valence-corrected chi connectivity index (χ2v) is 9.69. The molecule has 1 fully saturated rings. The summed E-state index contributed by atoms with van der Waals surface area (Å²) < 4.78 is 6.17. The third kappa shape index (κ3) is 13.6. The van der Waals surface area contributed by atoms with Crippen LogP contribution in [0.25, 0.3) is 0 Å². The maximum absolute atomic E-state index is 6.17. The van der Waals surface area contributed by atoms with Gasteiger partial charge in [0.15, 0.2) is 0 Å². The van der Waals surface area contributed by atoms with Crippen LogP contribution in [0.5, 0.6) is 5.75 Å². The number of rotatable bonds is 5. The van der Waals surface area contributed by atoms with E-state index in [9.17, 15) is 0 Å². The zero-order valence-electron chi connectivity index (χ0n) is 19.1. The van der Waals surface area contributed by atoms with Gasteiger partial charge in [0.05, 0.1) is 0 Å². The molecule has 1 saturated heterocycles. The fourth-order valence-electron chi connectivity index (χ4n) is 3.58. The van der Waals surface area contributed by atoms with Crippen LogP contribution in [-0.4, -0.2) is 64.9 Å². The molecule has 0 saturated carbocycles. The van der Waals surface area contributed by atoms with Crippen LogP contribution in [-0.2, 0) is 26.2 Å². The van der Waals surface area contributed by atoms with E-state index in [4.69, 9.17) is 24.9 Å². The molecule has 6 nitrogen and oxygen atoms in total. The van der Waals surface area contributed by atoms with Crippen LogP contribution in [0.1, 0.15) is 11.1 Å². The van der Waals surface area contributed by atoms with Crippen LogP contribution >= 0.6 is 20.2 Å². The van der Waals surface area contributed by atoms with E-state index in [1.54, 1.807) is 0 Å². The van der Waals surface area contributed by atoms with Gasteiger partial charge in [-0.15, -0.1) is 0 Å². The topological polar surface area (TPSA) is 69.4 Å². The minimum Gasteiger partial charge on any atom is -0.489 e. The van der Waals surface area contributed by atoms with E-state index < -0.39 is 0 Å². The zero-order chi connectivity index (χ0) is 23.4. The van der Waals surface area contributed by atoms with Crippen molar-refractivity contribution in [2.75, 3.05) is 58.9 Å². The standard InChI is InChI=1S/C24H37N5O.2ClH.Mn/c1-2-6-21(7-3-1)20-30-24-9-5-4-8-22(24)18-23-19-28-15-14-26-11-10-25-12-13-27-16-17-29-23;;;/h1-9,23,25-29H,10-20H2;2*1H;/q;;;+2/p-2. The van der Waals surface area contributed by atoms with E-state index in [-0.39, 0.29) is 13.1 Å². The van der Waals surface area contributed by atoms with Gasteiger partial charge in [0.1, 0.15) is 12.4 Å². The van der Waals surface area contributed by atoms with Crippen LogP contribution in [0.3, 0.4) is 0 Å². The normalized spacial score (nSPS) is 18.8. The third-order valence-corrected chi connectivity index (χ3v) is 5.24. The molecule has 1 atom stereocenters. The molecule has 2 aromatic rings. The average Bonchev–Trinajstić information content (AvgIpc) is 2.85. The number of para-hydroxylation sites is 1. The van der Waals surface area contributed by atoms with Gasteiger partial charge in [-0.1, -0.05) is 48.5 Å². The molecule has 0 amide bonds. The Balaban J connectivity index is 0.00000122. The third-order valence-electron chi connectivity index (χ3n) is 5.24. The molecule has 1 aliphatic rings. The summed E-state index contributed by atoms with van der Waals surface area (Å²) in [7, 11) is 9.59. The van der Waals surface area contributed by atoms with E-state index >= 15 is 0 Å². The number of benzene rings is 2. The number of halogens is 2. The molecule has 3 rings (SSSR count). The van der Waals surface area contributed by atoms with Gasteiger partial charge >= 0.3 is 33.3 Å². The molecule has 5 N–H and O–H groups in total. The summed E-state index contributed by atoms with van der Waals surface area (Å²) in [5, 5.41) is 17.7. The van der Waals surface area contributed by atoms with Gasteiger partial charge in [0.25, 0.3) is 0 Å². The molecular formula is C24H37Cl2MnN5O. The molecule has 1 aliphatic heterocycles. The van der Waals surface area contributed by atoms with Gasteiger partial charge in [-0.3, -0.25) is 0 Å². The van der Waals surface area contributed by atoms with E-state index in [0.717, 1.165) is 71.1 Å². The van der Waals surface area contributed by atoms with Crippen LogP contribution in [0.15, 0.2) is 54.6 Å². The van der Waals surface area contributed by atoms with Crippen LogP contribution < -0.4 is 31.3 Å². The molecule has 0 aromatic heterocycles. The average molecular weight is 537 g/mol. The Hall–Kier alpha value is -0.861. The maximum atomic E-state index is 6.17. The van der Waals surface area contributed by atoms with Crippen molar-refractivity contribution in [3.63, 3.8) is 0 Å². The Labute approximate surface area is 213 Å². The molecule has 9 heteroatoms. The number of hydrogen-bond donors (Lipinski definition) is 5. The zero-order valence-corrected chi connectivity index (χ0v) is 21.8. The molecule has 33 heavy (non-hydrogen) atoms. The second kappa shape index (κ2) is 19.4. The molecule has 2 aromatic carbocycles. The van der Waals surface area contributed by atoms with E-state index in [1.165, 1.54) is 11.1 Å². The van der Waals surface area contributed by atoms with Gasteiger partial charge in [-0.05, 0) is 23.6 Å². The summed E-state index contributed by atoms with van der Waals surface area (Å²) in [6.45, 7) is 9.46. The first-order valence-electron chi connectivity index (χ1n) is 11.5. The largest absolute Gasteiger partial charge is 0.489 e. The van der Waals surface area contributed by atoms with Crippen molar-refractivity contribution >= 4 is 20.2 Å². The van der Waals surface area contributed by atoms with Crippen molar-refractivity contribution in [3.8, 4) is 5.75 Å². The van der Waals surface area contributed by atoms with Crippen molar-refractivity contribution in [3.05, 3.63) is 65.7 Å². The molecule has 1 unspecified atom stereocenters. The molecular weight excluding hydrogens is 500 g/mol. The minimum atomic E-state index is 0.00694. The SMILES string of the molecule is [Cl][Mn][Cl].c1ccc(COc2ccccc2CC2CNCCNCCNCCNCCN2)cc1. The smallest absolute Gasteiger partial charge is 0.123 e. The van der Waals surface area contributed by atoms with Crippen molar-refractivity contribution in [2.24, 2.45) is 0 Å². The van der Waals surface area contributed by atoms with Gasteiger partial charge in [-0.2, -0.15) is 0 Å². The van der Waals surface area contributed by atoms with Gasteiger partial charge in [0.2, 0.25) is 0 Å². The summed E-state index contributed by atoms with van der Waals surface area (Å²) in [5.41, 5.74) is 2.44. The Morgan fingerprint density at radius 1 is 0.727 bits per heavy atom. The van der Waals surface area contributed by atoms with Gasteiger partial charge in [-0.25, -0.2) is 0 Å². The van der Waals surface area contributed by atoms with Crippen LogP contribution in [0, 0.1) is 0 Å². The molecule has 0 bridgehead atoms. The molecule has 0 radical (unpaired) electrons. The van der Waals surface area contributed by atoms with Crippen molar-refractivity contribution in [1.29, 1.82) is 0 Å². The van der Waals surface area contributed by atoms with Gasteiger partial charge < -0.3 is 31.3 Å². The van der Waals surface area contributed by atoms with Crippen molar-refractivity contribution in [2.45, 2.75) is 19.1 Å². The molecule has 185 valence electrons. The van der Waals surface area contributed by atoms with Gasteiger partial charge in [0, 0.05) is 64.9 Å². The number of ether oxygens (including phenoxy) is 1. The predicted octanol–water partition coefficient (Wildman–Crippen LogP) is 2.51. The van der Waals surface area contributed by atoms with Crippen LogP contribution in [0.4, 0.5) is 0 Å². The molecule has 0 aliphatic carbocycles. The van der Waals surface area contributed by atoms with E-state index in [2.05, 4.69) is 75.1 Å². The first-order valence-corrected chi connectivity index (χ1v) is 14.8. The van der Waals surface area contributed by atoms with Crippen LogP contribution in [0.2, 0.25) is 0 Å². The second-order valence-electron chi connectivity index (χ2n) is 7.75. The fraction of sp³-hybridized carbons (Fsp3) is 0.500. The van der Waals surface area contributed by atoms with E-state index in [0.29, 0.717) is 12.6 Å². The Morgan fingerprint density at radius 2 is 1.27 bits per heavy atom. The summed E-state index contributed by atoms with van der Waals surface area (Å²) in [4.78, 5) is 0. The molecule has 0 spiro atoms. The first kappa shape index (κ1) is 28.4. The Morgan fingerprint density at radius 3 is 1.94 bits per heavy atom. The summed E-state index contributed by atoms with van der Waals surface area (Å²) in [5.74, 6) is 0.977. The first-order chi connectivity index (χ1) is 16.3. The predicted molar refractivity (Wildman–Crippen MR) is 136 cm³/mol. The summed E-state index contributed by atoms with van der Waals surface area (Å²) in [6.07, 6.45) is 0.937. The Bertz CT molecular complexity index is 713. The van der Waals surface area contributed by atoms with E-state index in [1.807, 2.05) is 6.07 Å². The monoisotopic (exact) mass is 536 g/mol. The van der Waals surface area contributed by atoms with Crippen molar-refractivity contribution < 1.29 is 17.9 Å². The number of nitrogens with one attached hydrogen (secondary N) is 5. The fourth-order valence-corrected chi connectivity index (χ4v) is 3.58. The molecule has 1 heterocycles. The maximum Gasteiger partial charge on any atom is 0.123 e. The summed E-state index contributed by atoms with van der Waals surface area (Å²) in [6, 6.07) is 19.1. The Kier molecular flexibility index (Phi) is 16.7. The minimum absolute atomic E-state index is 0.00694.